The zero-order chi connectivity index (χ0) is 12.8. The van der Waals surface area contributed by atoms with Gasteiger partial charge in [-0.3, -0.25) is 4.90 Å². The molecular weight excluding hydrogens is 220 g/mol. The maximum Gasteiger partial charge on any atom is 0.319 e. The summed E-state index contributed by atoms with van der Waals surface area (Å²) >= 11 is 0. The average Bonchev–Trinajstić information content (AvgIpc) is 2.35. The lowest BCUT2D eigenvalue weighted by Gasteiger charge is -2.22. The fraction of sp³-hybridized carbons (Fsp3) is 0.417. The van der Waals surface area contributed by atoms with Crippen molar-refractivity contribution in [2.45, 2.75) is 13.3 Å². The topological polar surface area (TPSA) is 64.8 Å². The molecule has 2 amide bonds. The quantitative estimate of drug-likeness (QED) is 0.853. The molecule has 0 bridgehead atoms. The Kier molecular flexibility index (Phi) is 4.63. The highest BCUT2D eigenvalue weighted by atomic mass is 16.5. The van der Waals surface area contributed by atoms with Crippen molar-refractivity contribution in [3.63, 3.8) is 0 Å². The van der Waals surface area contributed by atoms with Crippen molar-refractivity contribution in [3.8, 4) is 11.5 Å². The fourth-order valence-electron chi connectivity index (χ4n) is 1.58. The molecule has 0 saturated carbocycles. The van der Waals surface area contributed by atoms with E-state index in [1.54, 1.807) is 32.4 Å². The molecule has 0 radical (unpaired) electrons. The third-order valence-corrected chi connectivity index (χ3v) is 2.39. The molecule has 17 heavy (non-hydrogen) atoms. The number of ether oxygens (including phenoxy) is 2. The Balaban J connectivity index is 3.13. The Morgan fingerprint density at radius 2 is 2.06 bits per heavy atom. The van der Waals surface area contributed by atoms with Gasteiger partial charge in [0.2, 0.25) is 0 Å². The Labute approximate surface area is 101 Å². The van der Waals surface area contributed by atoms with Crippen LogP contribution in [0.4, 0.5) is 10.5 Å². The van der Waals surface area contributed by atoms with Crippen LogP contribution >= 0.6 is 0 Å². The van der Waals surface area contributed by atoms with Crippen LogP contribution in [0.5, 0.6) is 11.5 Å². The van der Waals surface area contributed by atoms with Crippen LogP contribution in [-0.2, 0) is 0 Å². The number of urea groups is 1. The number of anilines is 1. The van der Waals surface area contributed by atoms with E-state index in [1.807, 2.05) is 6.92 Å². The molecule has 1 rings (SSSR count). The zero-order valence-electron chi connectivity index (χ0n) is 10.4. The van der Waals surface area contributed by atoms with Crippen molar-refractivity contribution in [1.82, 2.24) is 0 Å². The molecule has 5 heteroatoms. The number of hydrogen-bond donors (Lipinski definition) is 1. The number of nitrogens with two attached hydrogens (primary N) is 1. The molecule has 0 saturated heterocycles. The van der Waals surface area contributed by atoms with E-state index in [4.69, 9.17) is 15.2 Å². The first-order chi connectivity index (χ1) is 8.13. The highest BCUT2D eigenvalue weighted by molar-refractivity contribution is 5.92. The molecule has 0 heterocycles. The fourth-order valence-corrected chi connectivity index (χ4v) is 1.58. The summed E-state index contributed by atoms with van der Waals surface area (Å²) in [6, 6.07) is 4.76. The predicted octanol–water partition coefficient (Wildman–Crippen LogP) is 2.00. The highest BCUT2D eigenvalue weighted by Gasteiger charge is 2.16. The SMILES string of the molecule is CCCN(C(N)=O)c1ccc(OC)cc1OC. The number of amides is 2. The van der Waals surface area contributed by atoms with Crippen LogP contribution in [0.1, 0.15) is 13.3 Å². The molecule has 1 aromatic rings. The monoisotopic (exact) mass is 238 g/mol. The predicted molar refractivity (Wildman–Crippen MR) is 66.8 cm³/mol. The van der Waals surface area contributed by atoms with Crippen molar-refractivity contribution in [2.75, 3.05) is 25.7 Å². The number of rotatable bonds is 5. The molecule has 0 fully saturated rings. The maximum absolute atomic E-state index is 11.4. The molecule has 0 aliphatic rings. The van der Waals surface area contributed by atoms with Gasteiger partial charge in [-0.2, -0.15) is 0 Å². The molecule has 0 atom stereocenters. The molecule has 0 spiro atoms. The number of hydrogen-bond acceptors (Lipinski definition) is 3. The zero-order valence-corrected chi connectivity index (χ0v) is 10.4. The van der Waals surface area contributed by atoms with Gasteiger partial charge in [0.25, 0.3) is 0 Å². The van der Waals surface area contributed by atoms with E-state index in [-0.39, 0.29) is 0 Å². The average molecular weight is 238 g/mol. The molecule has 0 aromatic heterocycles. The Morgan fingerprint density at radius 1 is 1.35 bits per heavy atom. The number of benzene rings is 1. The molecule has 1 aromatic carbocycles. The van der Waals surface area contributed by atoms with Crippen LogP contribution in [0.2, 0.25) is 0 Å². The second-order valence-corrected chi connectivity index (χ2v) is 3.53. The van der Waals surface area contributed by atoms with Crippen molar-refractivity contribution in [1.29, 1.82) is 0 Å². The van der Waals surface area contributed by atoms with Gasteiger partial charge in [-0.1, -0.05) is 6.92 Å². The molecule has 0 unspecified atom stereocenters. The first-order valence-corrected chi connectivity index (χ1v) is 5.43. The smallest absolute Gasteiger partial charge is 0.319 e. The number of primary amides is 1. The maximum atomic E-state index is 11.4. The highest BCUT2D eigenvalue weighted by Crippen LogP contribution is 2.32. The third-order valence-electron chi connectivity index (χ3n) is 2.39. The normalized spacial score (nSPS) is 9.82. The summed E-state index contributed by atoms with van der Waals surface area (Å²) in [5.41, 5.74) is 6.00. The second-order valence-electron chi connectivity index (χ2n) is 3.53. The standard InChI is InChI=1S/C12H18N2O3/c1-4-7-14(12(13)15)10-6-5-9(16-2)8-11(10)17-3/h5-6,8H,4,7H2,1-3H3,(H2,13,15). The first kappa shape index (κ1) is 13.2. The van der Waals surface area contributed by atoms with Crippen LogP contribution in [0.3, 0.4) is 0 Å². The minimum absolute atomic E-state index is 0.490. The van der Waals surface area contributed by atoms with Gasteiger partial charge in [0, 0.05) is 12.6 Å². The van der Waals surface area contributed by atoms with Crippen LogP contribution in [-0.4, -0.2) is 26.8 Å². The van der Waals surface area contributed by atoms with Crippen LogP contribution < -0.4 is 20.1 Å². The molecular formula is C12H18N2O3. The van der Waals surface area contributed by atoms with Gasteiger partial charge >= 0.3 is 6.03 Å². The molecule has 0 aliphatic heterocycles. The van der Waals surface area contributed by atoms with Crippen molar-refractivity contribution >= 4 is 11.7 Å². The van der Waals surface area contributed by atoms with Crippen LogP contribution in [0.25, 0.3) is 0 Å². The Bertz CT molecular complexity index is 393. The summed E-state index contributed by atoms with van der Waals surface area (Å²) in [6.45, 7) is 2.53. The molecule has 5 nitrogen and oxygen atoms in total. The van der Waals surface area contributed by atoms with E-state index in [2.05, 4.69) is 0 Å². The van der Waals surface area contributed by atoms with Crippen molar-refractivity contribution in [3.05, 3.63) is 18.2 Å². The first-order valence-electron chi connectivity index (χ1n) is 5.43. The number of carbonyl (C=O) groups excluding carboxylic acids is 1. The van der Waals surface area contributed by atoms with Crippen LogP contribution in [0.15, 0.2) is 18.2 Å². The number of methoxy groups -OCH3 is 2. The van der Waals surface area contributed by atoms with Crippen molar-refractivity contribution in [2.24, 2.45) is 5.73 Å². The molecule has 2 N–H and O–H groups in total. The Morgan fingerprint density at radius 3 is 2.53 bits per heavy atom. The van der Waals surface area contributed by atoms with Gasteiger partial charge in [0.05, 0.1) is 19.9 Å². The van der Waals surface area contributed by atoms with E-state index < -0.39 is 6.03 Å². The van der Waals surface area contributed by atoms with E-state index in [0.29, 0.717) is 23.7 Å². The van der Waals surface area contributed by atoms with Gasteiger partial charge in [-0.05, 0) is 18.6 Å². The van der Waals surface area contributed by atoms with E-state index in [9.17, 15) is 4.79 Å². The second kappa shape index (κ2) is 5.98. The van der Waals surface area contributed by atoms with E-state index >= 15 is 0 Å². The number of carbonyl (C=O) groups is 1. The molecule has 0 aliphatic carbocycles. The summed E-state index contributed by atoms with van der Waals surface area (Å²) in [5, 5.41) is 0. The van der Waals surface area contributed by atoms with E-state index in [0.717, 1.165) is 6.42 Å². The number of nitrogens with zero attached hydrogens (tertiary/aromatic N) is 1. The van der Waals surface area contributed by atoms with Crippen molar-refractivity contribution < 1.29 is 14.3 Å². The largest absolute Gasteiger partial charge is 0.497 e. The minimum atomic E-state index is -0.490. The van der Waals surface area contributed by atoms with Gasteiger partial charge in [0.1, 0.15) is 11.5 Å². The summed E-state index contributed by atoms with van der Waals surface area (Å²) in [7, 11) is 3.12. The van der Waals surface area contributed by atoms with E-state index in [1.165, 1.54) is 4.90 Å². The third kappa shape index (κ3) is 3.03. The molecule has 94 valence electrons. The lowest BCUT2D eigenvalue weighted by molar-refractivity contribution is 0.253. The summed E-state index contributed by atoms with van der Waals surface area (Å²) in [6.07, 6.45) is 0.818. The van der Waals surface area contributed by atoms with Gasteiger partial charge in [0.15, 0.2) is 0 Å². The van der Waals surface area contributed by atoms with Gasteiger partial charge in [-0.15, -0.1) is 0 Å². The minimum Gasteiger partial charge on any atom is -0.497 e. The van der Waals surface area contributed by atoms with Gasteiger partial charge in [-0.25, -0.2) is 4.79 Å². The lowest BCUT2D eigenvalue weighted by Crippen LogP contribution is -2.36. The summed E-state index contributed by atoms with van der Waals surface area (Å²) in [4.78, 5) is 12.9. The lowest BCUT2D eigenvalue weighted by atomic mass is 10.2. The summed E-state index contributed by atoms with van der Waals surface area (Å²) in [5.74, 6) is 1.24. The van der Waals surface area contributed by atoms with Crippen LogP contribution in [0, 0.1) is 0 Å². The Hall–Kier alpha value is -1.91. The summed E-state index contributed by atoms with van der Waals surface area (Å²) < 4.78 is 10.3. The van der Waals surface area contributed by atoms with Gasteiger partial charge < -0.3 is 15.2 Å².